The van der Waals surface area contributed by atoms with Crippen LogP contribution in [0.25, 0.3) is 0 Å². The fourth-order valence-electron chi connectivity index (χ4n) is 1.51. The maximum absolute atomic E-state index is 11.3. The molecule has 1 rings (SSSR count). The van der Waals surface area contributed by atoms with Gasteiger partial charge in [0.1, 0.15) is 5.60 Å². The van der Waals surface area contributed by atoms with Crippen molar-refractivity contribution in [3.63, 3.8) is 0 Å². The number of hydrogen-bond donors (Lipinski definition) is 2. The highest BCUT2D eigenvalue weighted by Gasteiger charge is 2.31. The van der Waals surface area contributed by atoms with Crippen molar-refractivity contribution in [2.24, 2.45) is 5.41 Å². The Labute approximate surface area is 91.8 Å². The fourth-order valence-corrected chi connectivity index (χ4v) is 1.51. The van der Waals surface area contributed by atoms with E-state index in [0.717, 1.165) is 19.5 Å². The van der Waals surface area contributed by atoms with Crippen LogP contribution in [0.2, 0.25) is 0 Å². The first-order valence-corrected chi connectivity index (χ1v) is 5.48. The maximum atomic E-state index is 11.3. The van der Waals surface area contributed by atoms with Gasteiger partial charge >= 0.3 is 6.09 Å². The van der Waals surface area contributed by atoms with Crippen molar-refractivity contribution in [3.8, 4) is 0 Å². The highest BCUT2D eigenvalue weighted by molar-refractivity contribution is 5.67. The molecule has 0 aromatic carbocycles. The predicted molar refractivity (Wildman–Crippen MR) is 59.8 cm³/mol. The van der Waals surface area contributed by atoms with E-state index < -0.39 is 5.60 Å². The van der Waals surface area contributed by atoms with E-state index in [1.807, 2.05) is 20.8 Å². The number of alkyl carbamates (subject to hydrolysis) is 1. The van der Waals surface area contributed by atoms with Crippen molar-refractivity contribution >= 4 is 6.09 Å². The lowest BCUT2D eigenvalue weighted by atomic mass is 9.81. The van der Waals surface area contributed by atoms with Gasteiger partial charge in [-0.05, 0) is 32.6 Å². The molecular weight excluding hydrogens is 192 g/mol. The number of hydrogen-bond acceptors (Lipinski definition) is 3. The van der Waals surface area contributed by atoms with Gasteiger partial charge < -0.3 is 15.4 Å². The minimum Gasteiger partial charge on any atom is -0.444 e. The third kappa shape index (κ3) is 4.51. The zero-order chi connectivity index (χ0) is 11.5. The molecular formula is C11H22N2O2. The lowest BCUT2D eigenvalue weighted by Crippen LogP contribution is -2.52. The molecule has 0 aromatic heterocycles. The Kier molecular flexibility index (Phi) is 3.60. The lowest BCUT2D eigenvalue weighted by Gasteiger charge is -2.39. The van der Waals surface area contributed by atoms with E-state index in [4.69, 9.17) is 4.74 Å². The number of amides is 1. The summed E-state index contributed by atoms with van der Waals surface area (Å²) in [7, 11) is 0. The summed E-state index contributed by atoms with van der Waals surface area (Å²) < 4.78 is 5.14. The topological polar surface area (TPSA) is 50.4 Å². The van der Waals surface area contributed by atoms with Gasteiger partial charge in [-0.15, -0.1) is 0 Å². The molecule has 1 heterocycles. The quantitative estimate of drug-likeness (QED) is 0.748. The van der Waals surface area contributed by atoms with Crippen LogP contribution in [0.4, 0.5) is 4.79 Å². The molecule has 0 bridgehead atoms. The molecule has 0 atom stereocenters. The van der Waals surface area contributed by atoms with Crippen molar-refractivity contribution in [1.82, 2.24) is 10.6 Å². The fraction of sp³-hybridized carbons (Fsp3) is 0.909. The van der Waals surface area contributed by atoms with Crippen LogP contribution in [0.3, 0.4) is 0 Å². The van der Waals surface area contributed by atoms with Crippen LogP contribution in [0.15, 0.2) is 0 Å². The Morgan fingerprint density at radius 2 is 2.07 bits per heavy atom. The molecule has 0 unspecified atom stereocenters. The van der Waals surface area contributed by atoms with Gasteiger partial charge in [0.2, 0.25) is 0 Å². The normalized spacial score (nSPS) is 19.2. The Bertz CT molecular complexity index is 229. The first-order chi connectivity index (χ1) is 6.81. The Balaban J connectivity index is 2.12. The molecule has 2 N–H and O–H groups in total. The van der Waals surface area contributed by atoms with Crippen LogP contribution in [-0.2, 0) is 4.74 Å². The third-order valence-corrected chi connectivity index (χ3v) is 2.50. The predicted octanol–water partition coefficient (Wildman–Crippen LogP) is 1.51. The summed E-state index contributed by atoms with van der Waals surface area (Å²) in [5, 5.41) is 6.01. The van der Waals surface area contributed by atoms with Crippen LogP contribution in [0, 0.1) is 5.41 Å². The van der Waals surface area contributed by atoms with E-state index in [0.29, 0.717) is 12.0 Å². The van der Waals surface area contributed by atoms with Crippen LogP contribution in [0.1, 0.15) is 34.1 Å². The largest absolute Gasteiger partial charge is 0.444 e. The summed E-state index contributed by atoms with van der Waals surface area (Å²) in [6.45, 7) is 10.6. The smallest absolute Gasteiger partial charge is 0.407 e. The van der Waals surface area contributed by atoms with E-state index in [1.165, 1.54) is 0 Å². The SMILES string of the molecule is CC1(CCNC(=O)OC(C)(C)C)CNC1. The van der Waals surface area contributed by atoms with E-state index in [1.54, 1.807) is 0 Å². The molecule has 4 heteroatoms. The van der Waals surface area contributed by atoms with Gasteiger partial charge in [0.05, 0.1) is 0 Å². The van der Waals surface area contributed by atoms with Gasteiger partial charge in [-0.1, -0.05) is 6.92 Å². The Morgan fingerprint density at radius 3 is 2.47 bits per heavy atom. The molecule has 0 aromatic rings. The third-order valence-electron chi connectivity index (χ3n) is 2.50. The first kappa shape index (κ1) is 12.3. The van der Waals surface area contributed by atoms with Crippen molar-refractivity contribution in [2.45, 2.75) is 39.7 Å². The second kappa shape index (κ2) is 4.39. The van der Waals surface area contributed by atoms with Gasteiger partial charge in [0.15, 0.2) is 0 Å². The molecule has 15 heavy (non-hydrogen) atoms. The van der Waals surface area contributed by atoms with Crippen molar-refractivity contribution in [1.29, 1.82) is 0 Å². The molecule has 0 spiro atoms. The average molecular weight is 214 g/mol. The molecule has 1 amide bonds. The minimum atomic E-state index is -0.411. The highest BCUT2D eigenvalue weighted by atomic mass is 16.6. The zero-order valence-electron chi connectivity index (χ0n) is 10.1. The lowest BCUT2D eigenvalue weighted by molar-refractivity contribution is 0.0515. The van der Waals surface area contributed by atoms with Crippen molar-refractivity contribution in [2.75, 3.05) is 19.6 Å². The molecule has 4 nitrogen and oxygen atoms in total. The maximum Gasteiger partial charge on any atom is 0.407 e. The Morgan fingerprint density at radius 1 is 1.47 bits per heavy atom. The molecule has 1 saturated heterocycles. The van der Waals surface area contributed by atoms with Gasteiger partial charge in [0.25, 0.3) is 0 Å². The second-order valence-corrected chi connectivity index (χ2v) is 5.59. The minimum absolute atomic E-state index is 0.321. The first-order valence-electron chi connectivity index (χ1n) is 5.48. The van der Waals surface area contributed by atoms with E-state index in [2.05, 4.69) is 17.6 Å². The number of ether oxygens (including phenoxy) is 1. The van der Waals surface area contributed by atoms with Crippen LogP contribution in [0.5, 0.6) is 0 Å². The summed E-state index contributed by atoms with van der Waals surface area (Å²) in [5.41, 5.74) is -0.0545. The Hall–Kier alpha value is -0.770. The summed E-state index contributed by atoms with van der Waals surface area (Å²) in [5.74, 6) is 0. The summed E-state index contributed by atoms with van der Waals surface area (Å²) in [6.07, 6.45) is 0.678. The van der Waals surface area contributed by atoms with Crippen molar-refractivity contribution < 1.29 is 9.53 Å². The van der Waals surface area contributed by atoms with Gasteiger partial charge in [-0.3, -0.25) is 0 Å². The second-order valence-electron chi connectivity index (χ2n) is 5.59. The monoisotopic (exact) mass is 214 g/mol. The number of nitrogens with one attached hydrogen (secondary N) is 2. The van der Waals surface area contributed by atoms with Crippen LogP contribution < -0.4 is 10.6 Å². The van der Waals surface area contributed by atoms with Gasteiger partial charge in [0, 0.05) is 19.6 Å². The van der Waals surface area contributed by atoms with Gasteiger partial charge in [-0.25, -0.2) is 4.79 Å². The highest BCUT2D eigenvalue weighted by Crippen LogP contribution is 2.24. The summed E-state index contributed by atoms with van der Waals surface area (Å²) >= 11 is 0. The number of carbonyl (C=O) groups excluding carboxylic acids is 1. The van der Waals surface area contributed by atoms with Crippen LogP contribution >= 0.6 is 0 Å². The van der Waals surface area contributed by atoms with Crippen molar-refractivity contribution in [3.05, 3.63) is 0 Å². The summed E-state index contributed by atoms with van der Waals surface area (Å²) in [4.78, 5) is 11.3. The molecule has 0 saturated carbocycles. The molecule has 0 radical (unpaired) electrons. The average Bonchev–Trinajstić information content (AvgIpc) is 1.97. The number of carbonyl (C=O) groups is 1. The molecule has 1 fully saturated rings. The van der Waals surface area contributed by atoms with Gasteiger partial charge in [-0.2, -0.15) is 0 Å². The molecule has 1 aliphatic rings. The number of rotatable bonds is 3. The van der Waals surface area contributed by atoms with Crippen LogP contribution in [-0.4, -0.2) is 31.3 Å². The standard InChI is InChI=1S/C11H22N2O2/c1-10(2,3)15-9(14)13-6-5-11(4)7-12-8-11/h12H,5-8H2,1-4H3,(H,13,14). The molecule has 1 aliphatic heterocycles. The molecule has 88 valence electrons. The van der Waals surface area contributed by atoms with E-state index in [9.17, 15) is 4.79 Å². The molecule has 0 aliphatic carbocycles. The zero-order valence-corrected chi connectivity index (χ0v) is 10.1. The summed E-state index contributed by atoms with van der Waals surface area (Å²) in [6, 6.07) is 0. The van der Waals surface area contributed by atoms with E-state index in [-0.39, 0.29) is 6.09 Å². The van der Waals surface area contributed by atoms with E-state index >= 15 is 0 Å².